The van der Waals surface area contributed by atoms with Gasteiger partial charge in [0.25, 0.3) is 0 Å². The van der Waals surface area contributed by atoms with Gasteiger partial charge in [-0.25, -0.2) is 13.6 Å². The summed E-state index contributed by atoms with van der Waals surface area (Å²) in [6, 6.07) is 3.62. The van der Waals surface area contributed by atoms with Gasteiger partial charge in [0.15, 0.2) is 17.4 Å². The van der Waals surface area contributed by atoms with Gasteiger partial charge in [0, 0.05) is 10.4 Å². The van der Waals surface area contributed by atoms with Gasteiger partial charge in [0.2, 0.25) is 5.82 Å². The van der Waals surface area contributed by atoms with E-state index in [1.807, 2.05) is 0 Å². The van der Waals surface area contributed by atoms with Crippen LogP contribution in [0.3, 0.4) is 0 Å². The molecular weight excluding hydrogens is 329 g/mol. The van der Waals surface area contributed by atoms with Crippen LogP contribution >= 0.6 is 11.3 Å². The van der Waals surface area contributed by atoms with E-state index in [4.69, 9.17) is 4.74 Å². The summed E-state index contributed by atoms with van der Waals surface area (Å²) in [4.78, 5) is 12.5. The zero-order valence-corrected chi connectivity index (χ0v) is 13.8. The van der Waals surface area contributed by atoms with E-state index in [1.54, 1.807) is 20.8 Å². The summed E-state index contributed by atoms with van der Waals surface area (Å²) in [5, 5.41) is 0. The van der Waals surface area contributed by atoms with Gasteiger partial charge in [-0.1, -0.05) is 0 Å². The first kappa shape index (κ1) is 17.3. The maximum atomic E-state index is 14.2. The van der Waals surface area contributed by atoms with Crippen molar-refractivity contribution in [3.63, 3.8) is 0 Å². The third-order valence-electron chi connectivity index (χ3n) is 2.79. The Kier molecular flexibility index (Phi) is 4.70. The summed E-state index contributed by atoms with van der Waals surface area (Å²) >= 11 is 0.923. The molecule has 2 rings (SSSR count). The molecule has 3 nitrogen and oxygen atoms in total. The molecule has 0 atom stereocenters. The molecule has 1 heterocycles. The Labute approximate surface area is 135 Å². The number of hydrogen-bond donors (Lipinski definition) is 0. The van der Waals surface area contributed by atoms with Crippen LogP contribution in [0.5, 0.6) is 5.75 Å². The minimum Gasteiger partial charge on any atom is -0.491 e. The average Bonchev–Trinajstić information content (AvgIpc) is 2.91. The first-order valence-corrected chi connectivity index (χ1v) is 7.50. The number of rotatable bonds is 3. The van der Waals surface area contributed by atoms with E-state index in [9.17, 15) is 18.0 Å². The molecular formula is C16H15F3O3S. The molecule has 0 amide bonds. The average molecular weight is 344 g/mol. The smallest absolute Gasteiger partial charge is 0.348 e. The SMILES string of the molecule is COc1c(F)c(F)cc(-c2ccc(C(=O)OC(C)(C)C)s2)c1F. The Morgan fingerprint density at radius 1 is 1.13 bits per heavy atom. The molecule has 0 aliphatic rings. The molecule has 0 spiro atoms. The molecule has 124 valence electrons. The molecule has 0 fully saturated rings. The molecule has 0 bridgehead atoms. The van der Waals surface area contributed by atoms with E-state index in [0.717, 1.165) is 24.5 Å². The Balaban J connectivity index is 2.42. The van der Waals surface area contributed by atoms with Crippen LogP contribution in [-0.4, -0.2) is 18.7 Å². The number of thiophene rings is 1. The highest BCUT2D eigenvalue weighted by atomic mass is 32.1. The highest BCUT2D eigenvalue weighted by molar-refractivity contribution is 7.17. The standard InChI is InChI=1S/C16H15F3O3S/c1-16(2,3)22-15(20)11-6-5-10(23-11)8-7-9(17)13(19)14(21-4)12(8)18/h5-7H,1-4H3. The summed E-state index contributed by atoms with van der Waals surface area (Å²) in [6.07, 6.45) is 0. The summed E-state index contributed by atoms with van der Waals surface area (Å²) < 4.78 is 51.1. The molecule has 7 heteroatoms. The van der Waals surface area contributed by atoms with Crippen molar-refractivity contribution < 1.29 is 27.4 Å². The zero-order chi connectivity index (χ0) is 17.4. The van der Waals surface area contributed by atoms with Crippen LogP contribution in [0.2, 0.25) is 0 Å². The van der Waals surface area contributed by atoms with Crippen LogP contribution in [0.25, 0.3) is 10.4 Å². The van der Waals surface area contributed by atoms with Crippen molar-refractivity contribution in [2.45, 2.75) is 26.4 Å². The molecule has 0 saturated carbocycles. The van der Waals surface area contributed by atoms with Crippen LogP contribution in [0, 0.1) is 17.5 Å². The minimum atomic E-state index is -1.39. The number of hydrogen-bond acceptors (Lipinski definition) is 4. The number of methoxy groups -OCH3 is 1. The van der Waals surface area contributed by atoms with E-state index < -0.39 is 34.8 Å². The number of esters is 1. The Morgan fingerprint density at radius 3 is 2.35 bits per heavy atom. The number of halogens is 3. The summed E-state index contributed by atoms with van der Waals surface area (Å²) in [5.74, 6) is -5.01. The topological polar surface area (TPSA) is 35.5 Å². The Morgan fingerprint density at radius 2 is 1.78 bits per heavy atom. The quantitative estimate of drug-likeness (QED) is 0.593. The molecule has 0 unspecified atom stereocenters. The van der Waals surface area contributed by atoms with E-state index in [1.165, 1.54) is 12.1 Å². The number of carbonyl (C=O) groups excluding carboxylic acids is 1. The van der Waals surface area contributed by atoms with Crippen molar-refractivity contribution in [3.8, 4) is 16.2 Å². The van der Waals surface area contributed by atoms with Crippen LogP contribution in [0.4, 0.5) is 13.2 Å². The van der Waals surface area contributed by atoms with Gasteiger partial charge < -0.3 is 9.47 Å². The Hall–Kier alpha value is -2.02. The van der Waals surface area contributed by atoms with E-state index in [-0.39, 0.29) is 15.3 Å². The van der Waals surface area contributed by atoms with Gasteiger partial charge in [0.1, 0.15) is 10.5 Å². The summed E-state index contributed by atoms with van der Waals surface area (Å²) in [7, 11) is 1.05. The fourth-order valence-corrected chi connectivity index (χ4v) is 2.75. The van der Waals surface area contributed by atoms with Gasteiger partial charge in [-0.15, -0.1) is 11.3 Å². The van der Waals surface area contributed by atoms with Crippen molar-refractivity contribution in [1.29, 1.82) is 0 Å². The van der Waals surface area contributed by atoms with Crippen molar-refractivity contribution in [2.75, 3.05) is 7.11 Å². The fourth-order valence-electron chi connectivity index (χ4n) is 1.86. The van der Waals surface area contributed by atoms with Crippen molar-refractivity contribution in [3.05, 3.63) is 40.5 Å². The van der Waals surface area contributed by atoms with Crippen molar-refractivity contribution >= 4 is 17.3 Å². The van der Waals surface area contributed by atoms with Crippen molar-refractivity contribution in [2.24, 2.45) is 0 Å². The fraction of sp³-hybridized carbons (Fsp3) is 0.312. The number of ether oxygens (including phenoxy) is 2. The molecule has 2 aromatic rings. The predicted octanol–water partition coefficient (Wildman–Crippen LogP) is 4.80. The molecule has 0 radical (unpaired) electrons. The lowest BCUT2D eigenvalue weighted by atomic mass is 10.1. The molecule has 23 heavy (non-hydrogen) atoms. The van der Waals surface area contributed by atoms with Gasteiger partial charge in [-0.05, 0) is 39.0 Å². The summed E-state index contributed by atoms with van der Waals surface area (Å²) in [6.45, 7) is 5.16. The summed E-state index contributed by atoms with van der Waals surface area (Å²) in [5.41, 5.74) is -0.849. The lowest BCUT2D eigenvalue weighted by Crippen LogP contribution is -2.23. The second kappa shape index (κ2) is 6.23. The monoisotopic (exact) mass is 344 g/mol. The maximum absolute atomic E-state index is 14.2. The van der Waals surface area contributed by atoms with E-state index >= 15 is 0 Å². The molecule has 0 aliphatic carbocycles. The van der Waals surface area contributed by atoms with Crippen LogP contribution in [0.1, 0.15) is 30.4 Å². The molecule has 0 aliphatic heterocycles. The Bertz CT molecular complexity index is 748. The van der Waals surface area contributed by atoms with Gasteiger partial charge >= 0.3 is 5.97 Å². The van der Waals surface area contributed by atoms with Gasteiger partial charge in [-0.3, -0.25) is 0 Å². The third-order valence-corrected chi connectivity index (χ3v) is 3.89. The lowest BCUT2D eigenvalue weighted by molar-refractivity contribution is 0.00752. The minimum absolute atomic E-state index is 0.180. The molecule has 1 aromatic carbocycles. The first-order chi connectivity index (χ1) is 10.6. The first-order valence-electron chi connectivity index (χ1n) is 6.69. The highest BCUT2D eigenvalue weighted by Gasteiger charge is 2.23. The van der Waals surface area contributed by atoms with E-state index in [0.29, 0.717) is 0 Å². The predicted molar refractivity (Wildman–Crippen MR) is 81.3 cm³/mol. The van der Waals surface area contributed by atoms with Crippen LogP contribution in [0.15, 0.2) is 18.2 Å². The van der Waals surface area contributed by atoms with Gasteiger partial charge in [-0.2, -0.15) is 4.39 Å². The maximum Gasteiger partial charge on any atom is 0.348 e. The largest absolute Gasteiger partial charge is 0.491 e. The van der Waals surface area contributed by atoms with Gasteiger partial charge in [0.05, 0.1) is 7.11 Å². The molecule has 0 N–H and O–H groups in total. The highest BCUT2D eigenvalue weighted by Crippen LogP contribution is 2.37. The second-order valence-corrected chi connectivity index (χ2v) is 6.82. The zero-order valence-electron chi connectivity index (χ0n) is 13.0. The molecule has 1 aromatic heterocycles. The number of benzene rings is 1. The van der Waals surface area contributed by atoms with Crippen LogP contribution in [-0.2, 0) is 4.74 Å². The lowest BCUT2D eigenvalue weighted by Gasteiger charge is -2.18. The third kappa shape index (κ3) is 3.67. The number of carbonyl (C=O) groups is 1. The second-order valence-electron chi connectivity index (χ2n) is 5.73. The van der Waals surface area contributed by atoms with Crippen LogP contribution < -0.4 is 4.74 Å². The normalized spacial score (nSPS) is 11.4. The van der Waals surface area contributed by atoms with Crippen molar-refractivity contribution in [1.82, 2.24) is 0 Å². The van der Waals surface area contributed by atoms with E-state index in [2.05, 4.69) is 4.74 Å². The molecule has 0 saturated heterocycles.